The van der Waals surface area contributed by atoms with E-state index in [0.717, 1.165) is 33.4 Å². The summed E-state index contributed by atoms with van der Waals surface area (Å²) in [7, 11) is 0. The summed E-state index contributed by atoms with van der Waals surface area (Å²) in [6.07, 6.45) is -10.4. The molecule has 2 fully saturated rings. The van der Waals surface area contributed by atoms with Crippen molar-refractivity contribution in [1.82, 2.24) is 0 Å². The summed E-state index contributed by atoms with van der Waals surface area (Å²) >= 11 is 0. The Morgan fingerprint density at radius 3 is 1.09 bits per heavy atom. The lowest BCUT2D eigenvalue weighted by Gasteiger charge is -2.49. The minimum absolute atomic E-state index is 0.0206. The highest BCUT2D eigenvalue weighted by molar-refractivity contribution is 5.18. The fourth-order valence-electron chi connectivity index (χ4n) is 8.02. The van der Waals surface area contributed by atoms with Crippen molar-refractivity contribution in [3.05, 3.63) is 215 Å². The highest BCUT2D eigenvalue weighted by Gasteiger charge is 2.53. The van der Waals surface area contributed by atoms with Gasteiger partial charge in [-0.25, -0.2) is 0 Å². The normalized spacial score (nSPS) is 25.6. The first-order valence-corrected chi connectivity index (χ1v) is 22.3. The van der Waals surface area contributed by atoms with Crippen LogP contribution < -0.4 is 0 Å². The fourth-order valence-corrected chi connectivity index (χ4v) is 8.02. The molecule has 6 aromatic rings. The molecule has 0 aliphatic carbocycles. The first-order chi connectivity index (χ1) is 32.1. The summed E-state index contributed by atoms with van der Waals surface area (Å²) in [4.78, 5) is 0. The van der Waals surface area contributed by atoms with E-state index < -0.39 is 61.4 Å². The molecule has 0 bridgehead atoms. The van der Waals surface area contributed by atoms with Crippen molar-refractivity contribution in [3.63, 3.8) is 0 Å². The molecule has 0 amide bonds. The monoisotopic (exact) mass is 882 g/mol. The van der Waals surface area contributed by atoms with Crippen LogP contribution in [0.15, 0.2) is 182 Å². The van der Waals surface area contributed by atoms with Gasteiger partial charge in [-0.05, 0) is 33.4 Å². The van der Waals surface area contributed by atoms with Crippen molar-refractivity contribution in [2.45, 2.75) is 101 Å². The predicted molar refractivity (Wildman–Crippen MR) is 243 cm³/mol. The van der Waals surface area contributed by atoms with Crippen molar-refractivity contribution >= 4 is 0 Å². The standard InChI is InChI=1S/C54H58O11/c55-47-45(37-57-31-39-19-7-1-8-20-39)64-54(52(62-36-44-29-17-6-18-30-44)49(47)59-33-41-23-11-3-12-24-41)65-48-46(38-58-32-40-21-9-2-10-22-40)63-53(56)51(61-35-43-27-15-5-16-28-43)50(48)60-34-42-25-13-4-14-26-42/h1-30,45-56H,31-38H2/t45-,46-,47-,48+,49-,50-,51-,52-,53+,54-/m0/s1. The SMILES string of the molecule is O[C@@H]1[C@H](OCc2ccccc2)[C@H](OCc2ccccc2)[C@H](O[C@H]2[C@H](OCc3ccccc3)[C@H](OCc3ccccc3)[C@H](O)O[C@H]2COCc2ccccc2)O[C@H]1COCc1ccccc1. The molecule has 6 aromatic carbocycles. The number of aliphatic hydroxyl groups excluding tert-OH is 2. The van der Waals surface area contributed by atoms with Crippen molar-refractivity contribution in [2.24, 2.45) is 0 Å². The van der Waals surface area contributed by atoms with Crippen LogP contribution in [0.3, 0.4) is 0 Å². The van der Waals surface area contributed by atoms with E-state index in [2.05, 4.69) is 0 Å². The summed E-state index contributed by atoms with van der Waals surface area (Å²) in [6, 6.07) is 58.6. The molecule has 2 aliphatic rings. The van der Waals surface area contributed by atoms with E-state index in [0.29, 0.717) is 6.61 Å². The zero-order chi connectivity index (χ0) is 44.5. The highest BCUT2D eigenvalue weighted by Crippen LogP contribution is 2.35. The van der Waals surface area contributed by atoms with Gasteiger partial charge in [0.1, 0.15) is 48.8 Å². The van der Waals surface area contributed by atoms with Gasteiger partial charge in [0.05, 0.1) is 52.9 Å². The number of aliphatic hydroxyl groups is 2. The minimum atomic E-state index is -1.41. The average Bonchev–Trinajstić information content (AvgIpc) is 3.35. The third-order valence-corrected chi connectivity index (χ3v) is 11.4. The Labute approximate surface area is 381 Å². The van der Waals surface area contributed by atoms with Crippen LogP contribution in [0, 0.1) is 0 Å². The van der Waals surface area contributed by atoms with Gasteiger partial charge < -0.3 is 52.8 Å². The van der Waals surface area contributed by atoms with Gasteiger partial charge in [-0.2, -0.15) is 0 Å². The molecule has 340 valence electrons. The molecule has 65 heavy (non-hydrogen) atoms. The smallest absolute Gasteiger partial charge is 0.187 e. The van der Waals surface area contributed by atoms with E-state index in [9.17, 15) is 10.2 Å². The van der Waals surface area contributed by atoms with Gasteiger partial charge in [0.15, 0.2) is 12.6 Å². The molecule has 0 saturated carbocycles. The molecule has 0 unspecified atom stereocenters. The Bertz CT molecular complexity index is 2210. The fraction of sp³-hybridized carbons (Fsp3) is 0.333. The largest absolute Gasteiger partial charge is 0.387 e. The van der Waals surface area contributed by atoms with Crippen molar-refractivity contribution in [2.75, 3.05) is 13.2 Å². The molecule has 11 heteroatoms. The van der Waals surface area contributed by atoms with Crippen LogP contribution in [-0.2, 0) is 82.3 Å². The summed E-state index contributed by atoms with van der Waals surface area (Å²) in [5, 5.41) is 24.0. The van der Waals surface area contributed by atoms with Crippen molar-refractivity contribution < 1.29 is 52.8 Å². The minimum Gasteiger partial charge on any atom is -0.387 e. The molecule has 2 aliphatic heterocycles. The second kappa shape index (κ2) is 24.4. The molecule has 8 rings (SSSR count). The third-order valence-electron chi connectivity index (χ3n) is 11.4. The van der Waals surface area contributed by atoms with Crippen molar-refractivity contribution in [3.8, 4) is 0 Å². The van der Waals surface area contributed by atoms with Crippen molar-refractivity contribution in [1.29, 1.82) is 0 Å². The van der Waals surface area contributed by atoms with Crippen LogP contribution in [0.1, 0.15) is 33.4 Å². The molecule has 2 saturated heterocycles. The lowest BCUT2D eigenvalue weighted by Crippen LogP contribution is -2.66. The van der Waals surface area contributed by atoms with E-state index in [4.69, 9.17) is 42.6 Å². The van der Waals surface area contributed by atoms with E-state index >= 15 is 0 Å². The van der Waals surface area contributed by atoms with Gasteiger partial charge in [-0.3, -0.25) is 0 Å². The molecule has 10 atom stereocenters. The Morgan fingerprint density at radius 2 is 0.677 bits per heavy atom. The van der Waals surface area contributed by atoms with Crippen LogP contribution in [0.2, 0.25) is 0 Å². The molecule has 2 heterocycles. The number of hydrogen-bond donors (Lipinski definition) is 2. The van der Waals surface area contributed by atoms with Gasteiger partial charge >= 0.3 is 0 Å². The Balaban J connectivity index is 1.14. The summed E-state index contributed by atoms with van der Waals surface area (Å²) in [5.41, 5.74) is 5.59. The second-order valence-corrected chi connectivity index (χ2v) is 16.2. The zero-order valence-corrected chi connectivity index (χ0v) is 36.3. The number of ether oxygens (including phenoxy) is 9. The first-order valence-electron chi connectivity index (χ1n) is 22.3. The van der Waals surface area contributed by atoms with Crippen LogP contribution in [0.5, 0.6) is 0 Å². The predicted octanol–water partition coefficient (Wildman–Crippen LogP) is 7.95. The molecular weight excluding hydrogens is 825 g/mol. The van der Waals surface area contributed by atoms with Gasteiger partial charge in [0.2, 0.25) is 0 Å². The van der Waals surface area contributed by atoms with Crippen LogP contribution >= 0.6 is 0 Å². The first kappa shape index (κ1) is 46.4. The second-order valence-electron chi connectivity index (χ2n) is 16.2. The molecule has 2 N–H and O–H groups in total. The Kier molecular flexibility index (Phi) is 17.4. The lowest BCUT2D eigenvalue weighted by atomic mass is 9.96. The molecule has 0 spiro atoms. The van der Waals surface area contributed by atoms with Crippen LogP contribution in [0.4, 0.5) is 0 Å². The number of benzene rings is 6. The van der Waals surface area contributed by atoms with Crippen LogP contribution in [-0.4, -0.2) is 84.8 Å². The van der Waals surface area contributed by atoms with Gasteiger partial charge in [-0.15, -0.1) is 0 Å². The quantitative estimate of drug-likeness (QED) is 0.0691. The topological polar surface area (TPSA) is 124 Å². The van der Waals surface area contributed by atoms with Gasteiger partial charge in [-0.1, -0.05) is 182 Å². The van der Waals surface area contributed by atoms with E-state index in [-0.39, 0.29) is 46.2 Å². The summed E-state index contributed by atoms with van der Waals surface area (Å²) < 4.78 is 59.6. The summed E-state index contributed by atoms with van der Waals surface area (Å²) in [5.74, 6) is 0. The lowest BCUT2D eigenvalue weighted by molar-refractivity contribution is -0.371. The van der Waals surface area contributed by atoms with E-state index in [1.165, 1.54) is 0 Å². The molecule has 0 aromatic heterocycles. The zero-order valence-electron chi connectivity index (χ0n) is 36.3. The Morgan fingerprint density at radius 1 is 0.338 bits per heavy atom. The van der Waals surface area contributed by atoms with E-state index in [1.807, 2.05) is 182 Å². The van der Waals surface area contributed by atoms with Gasteiger partial charge in [0.25, 0.3) is 0 Å². The third kappa shape index (κ3) is 13.5. The maximum absolute atomic E-state index is 12.2. The maximum Gasteiger partial charge on any atom is 0.187 e. The highest BCUT2D eigenvalue weighted by atomic mass is 16.7. The van der Waals surface area contributed by atoms with E-state index in [1.54, 1.807) is 0 Å². The van der Waals surface area contributed by atoms with Gasteiger partial charge in [0, 0.05) is 0 Å². The number of rotatable bonds is 22. The summed E-state index contributed by atoms with van der Waals surface area (Å²) in [6.45, 7) is 1.34. The maximum atomic E-state index is 12.2. The Hall–Kier alpha value is -5.12. The van der Waals surface area contributed by atoms with Crippen LogP contribution in [0.25, 0.3) is 0 Å². The number of hydrogen-bond acceptors (Lipinski definition) is 11. The average molecular weight is 883 g/mol. The molecule has 11 nitrogen and oxygen atoms in total. The molecule has 0 radical (unpaired) electrons. The molecular formula is C54H58O11.